The highest BCUT2D eigenvalue weighted by molar-refractivity contribution is 7.89. The van der Waals surface area contributed by atoms with Crippen molar-refractivity contribution < 1.29 is 13.2 Å². The third kappa shape index (κ3) is 4.16. The number of nitrogens with zero attached hydrogens (tertiary/aromatic N) is 2. The molecule has 2 N–H and O–H groups in total. The molecule has 1 aliphatic carbocycles. The number of carbonyl (C=O) groups excluding carboxylic acids is 1. The number of amides is 1. The Morgan fingerprint density at radius 3 is 2.79 bits per heavy atom. The molecule has 24 heavy (non-hydrogen) atoms. The van der Waals surface area contributed by atoms with Gasteiger partial charge in [0.15, 0.2) is 0 Å². The average Bonchev–Trinajstić information content (AvgIpc) is 3.31. The van der Waals surface area contributed by atoms with Crippen LogP contribution in [0.2, 0.25) is 0 Å². The summed E-state index contributed by atoms with van der Waals surface area (Å²) in [5.41, 5.74) is 0.262. The summed E-state index contributed by atoms with van der Waals surface area (Å²) in [7, 11) is -3.60. The number of anilines is 1. The molecule has 2 aromatic rings. The molecule has 128 valence electrons. The van der Waals surface area contributed by atoms with Gasteiger partial charge in [-0.05, 0) is 43.4 Å². The van der Waals surface area contributed by atoms with Crippen LogP contribution < -0.4 is 10.0 Å². The zero-order valence-corrected chi connectivity index (χ0v) is 14.8. The summed E-state index contributed by atoms with van der Waals surface area (Å²) in [6.45, 7) is 2.40. The molecule has 1 amide bonds. The van der Waals surface area contributed by atoms with E-state index < -0.39 is 15.9 Å². The summed E-state index contributed by atoms with van der Waals surface area (Å²) >= 11 is 1.30. The van der Waals surface area contributed by atoms with Crippen molar-refractivity contribution in [2.24, 2.45) is 5.92 Å². The maximum absolute atomic E-state index is 12.3. The Morgan fingerprint density at radius 1 is 1.33 bits per heavy atom. The lowest BCUT2D eigenvalue weighted by atomic mass is 10.2. The molecule has 0 saturated heterocycles. The van der Waals surface area contributed by atoms with Gasteiger partial charge in [-0.1, -0.05) is 24.3 Å². The van der Waals surface area contributed by atoms with E-state index in [0.717, 1.165) is 24.3 Å². The van der Waals surface area contributed by atoms with E-state index in [9.17, 15) is 13.2 Å². The lowest BCUT2D eigenvalue weighted by Gasteiger charge is -2.07. The zero-order valence-electron chi connectivity index (χ0n) is 13.2. The second-order valence-electron chi connectivity index (χ2n) is 5.63. The first-order chi connectivity index (χ1) is 11.5. The molecule has 0 atom stereocenters. The first-order valence-electron chi connectivity index (χ1n) is 7.71. The number of hydrogen-bond acceptors (Lipinski definition) is 6. The highest BCUT2D eigenvalue weighted by Crippen LogP contribution is 2.28. The Hall–Kier alpha value is -1.84. The number of nitrogens with one attached hydrogen (secondary N) is 2. The summed E-state index contributed by atoms with van der Waals surface area (Å²) in [4.78, 5) is 12.4. The topological polar surface area (TPSA) is 101 Å². The van der Waals surface area contributed by atoms with Crippen LogP contribution in [0.5, 0.6) is 0 Å². The van der Waals surface area contributed by atoms with Crippen LogP contribution in [0.1, 0.15) is 35.1 Å². The largest absolute Gasteiger partial charge is 0.296 e. The number of rotatable bonds is 7. The Bertz CT molecular complexity index is 844. The fourth-order valence-corrected chi connectivity index (χ4v) is 3.89. The molecule has 0 bridgehead atoms. The molecule has 1 aromatic carbocycles. The molecular formula is C15H18N4O3S2. The van der Waals surface area contributed by atoms with E-state index in [1.54, 1.807) is 12.1 Å². The number of aromatic nitrogens is 2. The number of aryl methyl sites for hydroxylation is 1. The maximum atomic E-state index is 12.3. The highest BCUT2D eigenvalue weighted by atomic mass is 32.2. The van der Waals surface area contributed by atoms with Crippen molar-refractivity contribution >= 4 is 32.4 Å². The Labute approximate surface area is 144 Å². The molecule has 0 spiro atoms. The fraction of sp³-hybridized carbons (Fsp3) is 0.400. The van der Waals surface area contributed by atoms with Crippen molar-refractivity contribution in [1.29, 1.82) is 0 Å². The normalized spacial score (nSPS) is 14.5. The number of carbonyl (C=O) groups is 1. The van der Waals surface area contributed by atoms with Crippen molar-refractivity contribution in [2.75, 3.05) is 11.9 Å². The molecule has 9 heteroatoms. The molecule has 1 fully saturated rings. The highest BCUT2D eigenvalue weighted by Gasteiger charge is 2.24. The van der Waals surface area contributed by atoms with Crippen LogP contribution in [0.3, 0.4) is 0 Å². The SMILES string of the molecule is CCc1nnc(NC(=O)c2cccc(S(=O)(=O)NCC3CC3)c2)s1. The molecule has 3 rings (SSSR count). The van der Waals surface area contributed by atoms with E-state index >= 15 is 0 Å². The number of hydrogen-bond donors (Lipinski definition) is 2. The second-order valence-corrected chi connectivity index (χ2v) is 8.46. The van der Waals surface area contributed by atoms with Gasteiger partial charge in [0.2, 0.25) is 15.2 Å². The Kier molecular flexibility index (Phi) is 4.93. The van der Waals surface area contributed by atoms with E-state index in [1.165, 1.54) is 23.5 Å². The molecule has 0 unspecified atom stereocenters. The van der Waals surface area contributed by atoms with Crippen molar-refractivity contribution in [3.8, 4) is 0 Å². The van der Waals surface area contributed by atoms with E-state index in [4.69, 9.17) is 0 Å². The fourth-order valence-electron chi connectivity index (χ4n) is 2.05. The second kappa shape index (κ2) is 6.96. The van der Waals surface area contributed by atoms with Gasteiger partial charge in [0.05, 0.1) is 4.90 Å². The minimum Gasteiger partial charge on any atom is -0.296 e. The standard InChI is InChI=1S/C15H18N4O3S2/c1-2-13-18-19-15(23-13)17-14(20)11-4-3-5-12(8-11)24(21,22)16-9-10-6-7-10/h3-5,8,10,16H,2,6-7,9H2,1H3,(H,17,19,20). The van der Waals surface area contributed by atoms with Gasteiger partial charge >= 0.3 is 0 Å². The molecule has 0 aliphatic heterocycles. The number of sulfonamides is 1. The third-order valence-electron chi connectivity index (χ3n) is 3.66. The van der Waals surface area contributed by atoms with Gasteiger partial charge in [-0.15, -0.1) is 10.2 Å². The first-order valence-corrected chi connectivity index (χ1v) is 10.0. The van der Waals surface area contributed by atoms with Crippen molar-refractivity contribution in [3.63, 3.8) is 0 Å². The van der Waals surface area contributed by atoms with Gasteiger partial charge in [-0.3, -0.25) is 10.1 Å². The maximum Gasteiger partial charge on any atom is 0.257 e. The molecule has 1 aliphatic rings. The van der Waals surface area contributed by atoms with E-state index in [0.29, 0.717) is 17.6 Å². The molecule has 7 nitrogen and oxygen atoms in total. The molecular weight excluding hydrogens is 348 g/mol. The lowest BCUT2D eigenvalue weighted by molar-refractivity contribution is 0.102. The summed E-state index contributed by atoms with van der Waals surface area (Å²) < 4.78 is 27.1. The van der Waals surface area contributed by atoms with E-state index in [1.807, 2.05) is 6.92 Å². The molecule has 1 saturated carbocycles. The minimum atomic E-state index is -3.60. The van der Waals surface area contributed by atoms with Gasteiger partial charge in [0.25, 0.3) is 5.91 Å². The van der Waals surface area contributed by atoms with Gasteiger partial charge in [0.1, 0.15) is 5.01 Å². The van der Waals surface area contributed by atoms with Crippen molar-refractivity contribution in [2.45, 2.75) is 31.1 Å². The Morgan fingerprint density at radius 2 is 2.12 bits per heavy atom. The average molecular weight is 366 g/mol. The predicted octanol–water partition coefficient (Wildman–Crippen LogP) is 2.04. The minimum absolute atomic E-state index is 0.0855. The smallest absolute Gasteiger partial charge is 0.257 e. The summed E-state index contributed by atoms with van der Waals surface area (Å²) in [5.74, 6) is 0.0319. The van der Waals surface area contributed by atoms with Gasteiger partial charge < -0.3 is 0 Å². The van der Waals surface area contributed by atoms with E-state index in [-0.39, 0.29) is 10.5 Å². The Balaban J connectivity index is 1.72. The van der Waals surface area contributed by atoms with Gasteiger partial charge in [-0.25, -0.2) is 13.1 Å². The van der Waals surface area contributed by atoms with Crippen LogP contribution in [0, 0.1) is 5.92 Å². The first kappa shape index (κ1) is 17.0. The van der Waals surface area contributed by atoms with Gasteiger partial charge in [0, 0.05) is 12.1 Å². The van der Waals surface area contributed by atoms with Crippen molar-refractivity contribution in [1.82, 2.24) is 14.9 Å². The van der Waals surface area contributed by atoms with Crippen LogP contribution in [0.4, 0.5) is 5.13 Å². The van der Waals surface area contributed by atoms with Crippen LogP contribution in [-0.2, 0) is 16.4 Å². The predicted molar refractivity (Wildman–Crippen MR) is 91.6 cm³/mol. The molecule has 1 heterocycles. The molecule has 1 aromatic heterocycles. The monoisotopic (exact) mass is 366 g/mol. The van der Waals surface area contributed by atoms with Crippen LogP contribution in [0.15, 0.2) is 29.2 Å². The summed E-state index contributed by atoms with van der Waals surface area (Å²) in [6, 6.07) is 5.97. The lowest BCUT2D eigenvalue weighted by Crippen LogP contribution is -2.26. The zero-order chi connectivity index (χ0) is 17.2. The van der Waals surface area contributed by atoms with E-state index in [2.05, 4.69) is 20.2 Å². The van der Waals surface area contributed by atoms with Crippen LogP contribution in [-0.4, -0.2) is 31.1 Å². The van der Waals surface area contributed by atoms with Crippen LogP contribution >= 0.6 is 11.3 Å². The number of benzene rings is 1. The quantitative estimate of drug-likeness (QED) is 0.781. The van der Waals surface area contributed by atoms with Crippen LogP contribution in [0.25, 0.3) is 0 Å². The third-order valence-corrected chi connectivity index (χ3v) is 6.06. The van der Waals surface area contributed by atoms with Gasteiger partial charge in [-0.2, -0.15) is 0 Å². The summed E-state index contributed by atoms with van der Waals surface area (Å²) in [5, 5.41) is 11.7. The summed E-state index contributed by atoms with van der Waals surface area (Å²) in [6.07, 6.45) is 2.87. The molecule has 0 radical (unpaired) electrons. The van der Waals surface area contributed by atoms with Crippen molar-refractivity contribution in [3.05, 3.63) is 34.8 Å².